The Labute approximate surface area is 98.7 Å². The van der Waals surface area contributed by atoms with Crippen LogP contribution in [0.1, 0.15) is 19.8 Å². The Balaban J connectivity index is 2.48. The van der Waals surface area contributed by atoms with E-state index in [4.69, 9.17) is 4.74 Å². The number of hydrogen-bond donors (Lipinski definition) is 1. The van der Waals surface area contributed by atoms with Crippen LogP contribution in [0, 0.1) is 11.8 Å². The van der Waals surface area contributed by atoms with E-state index in [0.29, 0.717) is 29.9 Å². The van der Waals surface area contributed by atoms with Gasteiger partial charge in [-0.15, -0.1) is 0 Å². The summed E-state index contributed by atoms with van der Waals surface area (Å²) < 4.78 is 28.0. The summed E-state index contributed by atoms with van der Waals surface area (Å²) in [6, 6.07) is 0. The molecule has 1 aliphatic heterocycles. The minimum atomic E-state index is -2.76. The van der Waals surface area contributed by atoms with Crippen molar-refractivity contribution in [3.05, 3.63) is 0 Å². The fourth-order valence-electron chi connectivity index (χ4n) is 2.30. The molecule has 0 aromatic heterocycles. The Morgan fingerprint density at radius 2 is 2.25 bits per heavy atom. The molecule has 1 aliphatic rings. The van der Waals surface area contributed by atoms with Crippen LogP contribution in [-0.4, -0.2) is 46.7 Å². The average molecular weight is 249 g/mol. The van der Waals surface area contributed by atoms with Crippen LogP contribution in [0.15, 0.2) is 0 Å². The third kappa shape index (κ3) is 4.39. The average Bonchev–Trinajstić information content (AvgIpc) is 2.59. The summed E-state index contributed by atoms with van der Waals surface area (Å²) in [6.07, 6.45) is 1.77. The van der Waals surface area contributed by atoms with Gasteiger partial charge < -0.3 is 10.1 Å². The number of nitrogens with one attached hydrogen (secondary N) is 1. The second kappa shape index (κ2) is 6.57. The van der Waals surface area contributed by atoms with Crippen molar-refractivity contribution in [1.29, 1.82) is 0 Å². The molecule has 0 aliphatic carbocycles. The maximum Gasteiger partial charge on any atom is 0.150 e. The summed E-state index contributed by atoms with van der Waals surface area (Å²) in [7, 11) is -1.07. The van der Waals surface area contributed by atoms with Crippen molar-refractivity contribution in [3.8, 4) is 0 Å². The van der Waals surface area contributed by atoms with Gasteiger partial charge in [-0.25, -0.2) is 8.42 Å². The first-order valence-corrected chi connectivity index (χ1v) is 7.81. The van der Waals surface area contributed by atoms with Gasteiger partial charge in [0.1, 0.15) is 0 Å². The Morgan fingerprint density at radius 3 is 2.75 bits per heavy atom. The van der Waals surface area contributed by atoms with Crippen LogP contribution < -0.4 is 5.32 Å². The molecule has 2 unspecified atom stereocenters. The van der Waals surface area contributed by atoms with E-state index in [9.17, 15) is 8.42 Å². The van der Waals surface area contributed by atoms with Crippen molar-refractivity contribution in [2.24, 2.45) is 11.8 Å². The van der Waals surface area contributed by atoms with Gasteiger partial charge in [0.15, 0.2) is 9.84 Å². The quantitative estimate of drug-likeness (QED) is 0.721. The molecule has 0 saturated carbocycles. The molecule has 0 amide bonds. The largest absolute Gasteiger partial charge is 0.385 e. The predicted molar refractivity (Wildman–Crippen MR) is 65.3 cm³/mol. The molecule has 16 heavy (non-hydrogen) atoms. The highest BCUT2D eigenvalue weighted by Gasteiger charge is 2.33. The standard InChI is InChI=1S/C11H23NO3S/c1-3-12-8-10(4-6-15-2)11-5-7-16(13,14)9-11/h10-12H,3-9H2,1-2H3. The van der Waals surface area contributed by atoms with Crippen molar-refractivity contribution in [1.82, 2.24) is 5.32 Å². The lowest BCUT2D eigenvalue weighted by molar-refractivity contribution is 0.162. The summed E-state index contributed by atoms with van der Waals surface area (Å²) in [5.74, 6) is 1.48. The van der Waals surface area contributed by atoms with Crippen LogP contribution in [0.3, 0.4) is 0 Å². The zero-order valence-corrected chi connectivity index (χ0v) is 11.1. The van der Waals surface area contributed by atoms with E-state index in [1.54, 1.807) is 7.11 Å². The van der Waals surface area contributed by atoms with Gasteiger partial charge in [0.25, 0.3) is 0 Å². The highest BCUT2D eigenvalue weighted by Crippen LogP contribution is 2.27. The zero-order chi connectivity index (χ0) is 12.0. The minimum absolute atomic E-state index is 0.319. The molecule has 1 N–H and O–H groups in total. The lowest BCUT2D eigenvalue weighted by atomic mass is 9.89. The molecule has 0 aromatic carbocycles. The van der Waals surface area contributed by atoms with Gasteiger partial charge in [0.2, 0.25) is 0 Å². The van der Waals surface area contributed by atoms with E-state index >= 15 is 0 Å². The number of rotatable bonds is 7. The van der Waals surface area contributed by atoms with Gasteiger partial charge in [-0.2, -0.15) is 0 Å². The molecule has 1 fully saturated rings. The van der Waals surface area contributed by atoms with E-state index in [0.717, 1.165) is 25.9 Å². The van der Waals surface area contributed by atoms with Crippen molar-refractivity contribution < 1.29 is 13.2 Å². The third-order valence-corrected chi connectivity index (χ3v) is 5.08. The van der Waals surface area contributed by atoms with Crippen LogP contribution in [0.5, 0.6) is 0 Å². The van der Waals surface area contributed by atoms with Crippen molar-refractivity contribution in [3.63, 3.8) is 0 Å². The molecular formula is C11H23NO3S. The van der Waals surface area contributed by atoms with Gasteiger partial charge in [0, 0.05) is 13.7 Å². The molecule has 4 nitrogen and oxygen atoms in total. The second-order valence-corrected chi connectivity index (χ2v) is 6.74. The normalized spacial score (nSPS) is 25.8. The summed E-state index contributed by atoms with van der Waals surface area (Å²) in [5.41, 5.74) is 0. The van der Waals surface area contributed by atoms with E-state index < -0.39 is 9.84 Å². The number of methoxy groups -OCH3 is 1. The first-order chi connectivity index (χ1) is 7.59. The number of sulfone groups is 1. The lowest BCUT2D eigenvalue weighted by Gasteiger charge is -2.22. The first kappa shape index (κ1) is 13.9. The molecular weight excluding hydrogens is 226 g/mol. The molecule has 96 valence electrons. The monoisotopic (exact) mass is 249 g/mol. The Hall–Kier alpha value is -0.130. The summed E-state index contributed by atoms with van der Waals surface area (Å²) in [5, 5.41) is 3.31. The Morgan fingerprint density at radius 1 is 1.50 bits per heavy atom. The van der Waals surface area contributed by atoms with Gasteiger partial charge in [-0.05, 0) is 37.8 Å². The molecule has 0 bridgehead atoms. The smallest absolute Gasteiger partial charge is 0.150 e. The van der Waals surface area contributed by atoms with E-state index in [1.807, 2.05) is 0 Å². The topological polar surface area (TPSA) is 55.4 Å². The second-order valence-electron chi connectivity index (χ2n) is 4.51. The first-order valence-electron chi connectivity index (χ1n) is 5.99. The van der Waals surface area contributed by atoms with Crippen molar-refractivity contribution in [2.75, 3.05) is 38.3 Å². The van der Waals surface area contributed by atoms with E-state index in [-0.39, 0.29) is 0 Å². The molecule has 1 rings (SSSR count). The van der Waals surface area contributed by atoms with Crippen LogP contribution in [0.2, 0.25) is 0 Å². The summed E-state index contributed by atoms with van der Waals surface area (Å²) in [6.45, 7) is 4.62. The summed E-state index contributed by atoms with van der Waals surface area (Å²) >= 11 is 0. The molecule has 0 spiro atoms. The van der Waals surface area contributed by atoms with Crippen LogP contribution >= 0.6 is 0 Å². The third-order valence-electron chi connectivity index (χ3n) is 3.28. The fraction of sp³-hybridized carbons (Fsp3) is 1.00. The van der Waals surface area contributed by atoms with Crippen LogP contribution in [0.25, 0.3) is 0 Å². The van der Waals surface area contributed by atoms with E-state index in [1.165, 1.54) is 0 Å². The Kier molecular flexibility index (Phi) is 5.72. The van der Waals surface area contributed by atoms with Crippen molar-refractivity contribution >= 4 is 9.84 Å². The van der Waals surface area contributed by atoms with Gasteiger partial charge >= 0.3 is 0 Å². The SMILES string of the molecule is CCNCC(CCOC)C1CCS(=O)(=O)C1. The lowest BCUT2D eigenvalue weighted by Crippen LogP contribution is -2.29. The van der Waals surface area contributed by atoms with E-state index in [2.05, 4.69) is 12.2 Å². The number of hydrogen-bond acceptors (Lipinski definition) is 4. The predicted octanol–water partition coefficient (Wildman–Crippen LogP) is 0.683. The van der Waals surface area contributed by atoms with Crippen LogP contribution in [-0.2, 0) is 14.6 Å². The molecule has 2 atom stereocenters. The zero-order valence-electron chi connectivity index (χ0n) is 10.2. The Bertz CT molecular complexity index is 282. The highest BCUT2D eigenvalue weighted by molar-refractivity contribution is 7.91. The van der Waals surface area contributed by atoms with Gasteiger partial charge in [0.05, 0.1) is 11.5 Å². The van der Waals surface area contributed by atoms with Gasteiger partial charge in [-0.3, -0.25) is 0 Å². The van der Waals surface area contributed by atoms with Crippen molar-refractivity contribution in [2.45, 2.75) is 19.8 Å². The maximum absolute atomic E-state index is 11.4. The molecule has 1 heterocycles. The fourth-order valence-corrected chi connectivity index (χ4v) is 4.22. The molecule has 0 radical (unpaired) electrons. The molecule has 1 saturated heterocycles. The maximum atomic E-state index is 11.4. The highest BCUT2D eigenvalue weighted by atomic mass is 32.2. The minimum Gasteiger partial charge on any atom is -0.385 e. The van der Waals surface area contributed by atoms with Crippen LogP contribution in [0.4, 0.5) is 0 Å². The number of ether oxygens (including phenoxy) is 1. The molecule has 5 heteroatoms. The summed E-state index contributed by atoms with van der Waals surface area (Å²) in [4.78, 5) is 0. The van der Waals surface area contributed by atoms with Gasteiger partial charge in [-0.1, -0.05) is 6.92 Å². The molecule has 0 aromatic rings.